The van der Waals surface area contributed by atoms with Crippen LogP contribution in [0.3, 0.4) is 0 Å². The molecule has 4 rings (SSSR count). The zero-order valence-corrected chi connectivity index (χ0v) is 18.6. The largest absolute Gasteiger partial charge is 0.480 e. The molecule has 0 aliphatic heterocycles. The molecule has 9 nitrogen and oxygen atoms in total. The van der Waals surface area contributed by atoms with Crippen molar-refractivity contribution < 1.29 is 14.7 Å². The Balaban J connectivity index is 1.48. The van der Waals surface area contributed by atoms with E-state index in [2.05, 4.69) is 20.3 Å². The molecule has 170 valence electrons. The Morgan fingerprint density at radius 3 is 2.70 bits per heavy atom. The number of carbonyl (C=O) groups is 2. The molecule has 33 heavy (non-hydrogen) atoms. The van der Waals surface area contributed by atoms with Crippen molar-refractivity contribution in [2.75, 3.05) is 5.73 Å². The second-order valence-electron chi connectivity index (χ2n) is 7.73. The fourth-order valence-corrected chi connectivity index (χ4v) is 4.71. The van der Waals surface area contributed by atoms with E-state index in [4.69, 9.17) is 5.73 Å². The molecule has 4 aromatic rings. The van der Waals surface area contributed by atoms with E-state index in [-0.39, 0.29) is 23.8 Å². The van der Waals surface area contributed by atoms with Crippen LogP contribution in [-0.2, 0) is 11.2 Å². The van der Waals surface area contributed by atoms with Gasteiger partial charge in [0.1, 0.15) is 11.7 Å². The number of carboxylic acid groups (broad SMARTS) is 1. The first kappa shape index (κ1) is 22.3. The van der Waals surface area contributed by atoms with Crippen molar-refractivity contribution in [3.8, 4) is 0 Å². The molecule has 0 saturated heterocycles. The number of aliphatic carboxylic acids is 1. The van der Waals surface area contributed by atoms with Crippen molar-refractivity contribution in [1.82, 2.24) is 20.3 Å². The molecule has 0 spiro atoms. The first-order chi connectivity index (χ1) is 15.8. The highest BCUT2D eigenvalue weighted by atomic mass is 32.1. The van der Waals surface area contributed by atoms with Gasteiger partial charge < -0.3 is 21.1 Å². The van der Waals surface area contributed by atoms with Crippen molar-refractivity contribution in [2.24, 2.45) is 0 Å². The summed E-state index contributed by atoms with van der Waals surface area (Å²) in [5.41, 5.74) is 7.41. The highest BCUT2D eigenvalue weighted by Crippen LogP contribution is 2.32. The lowest BCUT2D eigenvalue weighted by Crippen LogP contribution is -2.40. The molecular formula is C23H23N5O4S. The molecule has 1 aromatic carbocycles. The third kappa shape index (κ3) is 4.80. The van der Waals surface area contributed by atoms with Gasteiger partial charge in [0.15, 0.2) is 0 Å². The number of amides is 1. The standard InChI is InChI=1S/C23H23N5O4S/c1-12(14-11-25-19-18(14)21(30)28-23(24)27-19)16-9-10-17(33-16)20(29)26-15(22(31)32)8-7-13-5-3-2-4-6-13/h2-6,9-12,15H,7-8H2,1H3,(H,26,29)(H,31,32)(H4,24,25,27,28,30). The van der Waals surface area contributed by atoms with Gasteiger partial charge in [-0.3, -0.25) is 14.6 Å². The summed E-state index contributed by atoms with van der Waals surface area (Å²) in [7, 11) is 0. The van der Waals surface area contributed by atoms with Gasteiger partial charge in [-0.15, -0.1) is 11.3 Å². The number of aromatic nitrogens is 3. The lowest BCUT2D eigenvalue weighted by molar-refractivity contribution is -0.139. The lowest BCUT2D eigenvalue weighted by Gasteiger charge is -2.14. The minimum absolute atomic E-state index is 0.0314. The van der Waals surface area contributed by atoms with Gasteiger partial charge in [0.25, 0.3) is 11.5 Å². The Kier molecular flexibility index (Phi) is 6.27. The van der Waals surface area contributed by atoms with Crippen LogP contribution in [0.15, 0.2) is 53.5 Å². The van der Waals surface area contributed by atoms with Crippen LogP contribution in [0.2, 0.25) is 0 Å². The highest BCUT2D eigenvalue weighted by molar-refractivity contribution is 7.14. The summed E-state index contributed by atoms with van der Waals surface area (Å²) in [4.78, 5) is 47.6. The third-order valence-electron chi connectivity index (χ3n) is 5.50. The number of benzene rings is 1. The fourth-order valence-electron chi connectivity index (χ4n) is 3.73. The molecule has 2 atom stereocenters. The highest BCUT2D eigenvalue weighted by Gasteiger charge is 2.23. The minimum Gasteiger partial charge on any atom is -0.480 e. The lowest BCUT2D eigenvalue weighted by atomic mass is 10.0. The number of nitrogens with one attached hydrogen (secondary N) is 3. The van der Waals surface area contributed by atoms with Crippen molar-refractivity contribution in [3.63, 3.8) is 0 Å². The molecular weight excluding hydrogens is 442 g/mol. The summed E-state index contributed by atoms with van der Waals surface area (Å²) in [6.45, 7) is 1.92. The number of carbonyl (C=O) groups excluding carboxylic acids is 1. The van der Waals surface area contributed by atoms with Crippen LogP contribution in [0.1, 0.15) is 44.9 Å². The van der Waals surface area contributed by atoms with Gasteiger partial charge in [-0.2, -0.15) is 4.98 Å². The number of carboxylic acids is 1. The summed E-state index contributed by atoms with van der Waals surface area (Å²) in [5, 5.41) is 12.6. The quantitative estimate of drug-likeness (QED) is 0.270. The van der Waals surface area contributed by atoms with Crippen molar-refractivity contribution in [1.29, 1.82) is 0 Å². The van der Waals surface area contributed by atoms with Crippen LogP contribution in [0, 0.1) is 0 Å². The number of fused-ring (bicyclic) bond motifs is 1. The van der Waals surface area contributed by atoms with Gasteiger partial charge in [0, 0.05) is 17.0 Å². The maximum Gasteiger partial charge on any atom is 0.326 e. The van der Waals surface area contributed by atoms with Crippen molar-refractivity contribution in [2.45, 2.75) is 31.7 Å². The monoisotopic (exact) mass is 465 g/mol. The van der Waals surface area contributed by atoms with Crippen LogP contribution in [0.25, 0.3) is 11.0 Å². The van der Waals surface area contributed by atoms with Crippen LogP contribution in [0.4, 0.5) is 5.95 Å². The Morgan fingerprint density at radius 1 is 1.21 bits per heavy atom. The summed E-state index contributed by atoms with van der Waals surface area (Å²) in [6.07, 6.45) is 2.53. The normalized spacial score (nSPS) is 13.0. The summed E-state index contributed by atoms with van der Waals surface area (Å²) >= 11 is 1.26. The minimum atomic E-state index is -1.07. The van der Waals surface area contributed by atoms with Gasteiger partial charge in [0.2, 0.25) is 5.95 Å². The molecule has 0 fully saturated rings. The Labute approximate surface area is 192 Å². The van der Waals surface area contributed by atoms with E-state index in [9.17, 15) is 19.5 Å². The van der Waals surface area contributed by atoms with E-state index >= 15 is 0 Å². The van der Waals surface area contributed by atoms with Gasteiger partial charge >= 0.3 is 5.97 Å². The number of hydrogen-bond acceptors (Lipinski definition) is 6. The summed E-state index contributed by atoms with van der Waals surface area (Å²) in [5.74, 6) is -1.67. The second kappa shape index (κ2) is 9.29. The smallest absolute Gasteiger partial charge is 0.326 e. The number of thiophene rings is 1. The molecule has 2 unspecified atom stereocenters. The average Bonchev–Trinajstić information content (AvgIpc) is 3.44. The number of anilines is 1. The number of rotatable bonds is 8. The number of aryl methyl sites for hydroxylation is 1. The van der Waals surface area contributed by atoms with E-state index in [0.29, 0.717) is 22.3 Å². The van der Waals surface area contributed by atoms with Crippen LogP contribution < -0.4 is 16.6 Å². The zero-order valence-electron chi connectivity index (χ0n) is 17.8. The first-order valence-electron chi connectivity index (χ1n) is 10.4. The van der Waals surface area contributed by atoms with E-state index in [0.717, 1.165) is 16.0 Å². The van der Waals surface area contributed by atoms with E-state index in [1.165, 1.54) is 11.3 Å². The molecule has 0 aliphatic carbocycles. The number of nitrogen functional groups attached to an aromatic ring is 1. The maximum atomic E-state index is 12.7. The molecule has 10 heteroatoms. The average molecular weight is 466 g/mol. The Bertz CT molecular complexity index is 1360. The topological polar surface area (TPSA) is 154 Å². The fraction of sp³-hybridized carbons (Fsp3) is 0.217. The molecule has 0 aliphatic rings. The van der Waals surface area contributed by atoms with E-state index < -0.39 is 17.9 Å². The number of nitrogens with zero attached hydrogens (tertiary/aromatic N) is 1. The molecule has 3 heterocycles. The molecule has 0 saturated carbocycles. The molecule has 1 amide bonds. The Morgan fingerprint density at radius 2 is 1.97 bits per heavy atom. The maximum absolute atomic E-state index is 12.7. The van der Waals surface area contributed by atoms with Gasteiger partial charge in [-0.05, 0) is 36.1 Å². The Hall–Kier alpha value is -3.92. The number of aromatic amines is 2. The van der Waals surface area contributed by atoms with Crippen molar-refractivity contribution >= 4 is 40.2 Å². The van der Waals surface area contributed by atoms with Crippen LogP contribution in [-0.4, -0.2) is 38.0 Å². The third-order valence-corrected chi connectivity index (χ3v) is 6.77. The number of nitrogens with two attached hydrogens (primary N) is 1. The zero-order chi connectivity index (χ0) is 23.5. The molecule has 3 aromatic heterocycles. The van der Waals surface area contributed by atoms with E-state index in [1.54, 1.807) is 12.3 Å². The summed E-state index contributed by atoms with van der Waals surface area (Å²) < 4.78 is 0. The predicted molar refractivity (Wildman–Crippen MR) is 127 cm³/mol. The second-order valence-corrected chi connectivity index (χ2v) is 8.85. The van der Waals surface area contributed by atoms with Crippen LogP contribution in [0.5, 0.6) is 0 Å². The van der Waals surface area contributed by atoms with Gasteiger partial charge in [-0.25, -0.2) is 4.79 Å². The molecule has 6 N–H and O–H groups in total. The predicted octanol–water partition coefficient (Wildman–Crippen LogP) is 2.86. The molecule has 0 bridgehead atoms. The first-order valence-corrected chi connectivity index (χ1v) is 11.2. The van der Waals surface area contributed by atoms with Gasteiger partial charge in [-0.1, -0.05) is 37.3 Å². The van der Waals surface area contributed by atoms with Crippen molar-refractivity contribution in [3.05, 3.63) is 79.9 Å². The number of H-pyrrole nitrogens is 2. The van der Waals surface area contributed by atoms with Gasteiger partial charge in [0.05, 0.1) is 10.3 Å². The summed E-state index contributed by atoms with van der Waals surface area (Å²) in [6, 6.07) is 12.0. The molecule has 0 radical (unpaired) electrons. The van der Waals surface area contributed by atoms with Crippen LogP contribution >= 0.6 is 11.3 Å². The van der Waals surface area contributed by atoms with E-state index in [1.807, 2.05) is 43.3 Å². The number of hydrogen-bond donors (Lipinski definition) is 5. The SMILES string of the molecule is CC(c1ccc(C(=O)NC(CCc2ccccc2)C(=O)O)s1)c1c[nH]c2nc(N)[nH]c(=O)c12.